The Bertz CT molecular complexity index is 353. The predicted octanol–water partition coefficient (Wildman–Crippen LogP) is 2.56. The monoisotopic (exact) mass is 317 g/mol. The molecule has 0 unspecified atom stereocenters. The van der Waals surface area contributed by atoms with Crippen molar-refractivity contribution in [3.05, 3.63) is 0 Å². The van der Waals surface area contributed by atoms with E-state index in [1.54, 1.807) is 20.8 Å². The molecule has 0 fully saturated rings. The Balaban J connectivity index is 5.25. The maximum atomic E-state index is 13.1. The van der Waals surface area contributed by atoms with Crippen LogP contribution in [0.5, 0.6) is 0 Å². The lowest BCUT2D eigenvalue weighted by Crippen LogP contribution is -2.53. The van der Waals surface area contributed by atoms with Gasteiger partial charge in [0.2, 0.25) is 0 Å². The Labute approximate surface area is 120 Å². The van der Waals surface area contributed by atoms with Crippen molar-refractivity contribution in [3.8, 4) is 0 Å². The van der Waals surface area contributed by atoms with Crippen LogP contribution in [-0.2, 0) is 20.5 Å². The number of halogens is 3. The second kappa shape index (κ2) is 7.40. The van der Waals surface area contributed by atoms with Crippen LogP contribution in [0.2, 0.25) is 0 Å². The minimum Gasteiger partial charge on any atom is -0.466 e. The van der Waals surface area contributed by atoms with E-state index in [1.165, 1.54) is 13.8 Å². The highest BCUT2D eigenvalue weighted by Crippen LogP contribution is 2.29. The van der Waals surface area contributed by atoms with Gasteiger partial charge in [0.1, 0.15) is 6.04 Å². The van der Waals surface area contributed by atoms with Crippen molar-refractivity contribution in [2.75, 3.05) is 6.61 Å². The lowest BCUT2D eigenvalue weighted by Gasteiger charge is -2.30. The molecule has 0 saturated heterocycles. The molecule has 0 bridgehead atoms. The first-order valence-electron chi connectivity index (χ1n) is 6.36. The minimum atomic E-state index is -4.69. The zero-order valence-electron chi connectivity index (χ0n) is 12.3. The Kier molecular flexibility index (Phi) is 7.17. The van der Waals surface area contributed by atoms with Crippen molar-refractivity contribution < 1.29 is 26.9 Å². The van der Waals surface area contributed by atoms with Crippen molar-refractivity contribution in [2.24, 2.45) is 5.92 Å². The van der Waals surface area contributed by atoms with Crippen molar-refractivity contribution >= 4 is 17.0 Å². The van der Waals surface area contributed by atoms with Crippen LogP contribution in [0.4, 0.5) is 13.2 Å². The molecule has 0 amide bonds. The lowest BCUT2D eigenvalue weighted by molar-refractivity contribution is -0.178. The molecule has 0 aromatic rings. The molecule has 0 radical (unpaired) electrons. The molecule has 0 aromatic heterocycles. The highest BCUT2D eigenvalue weighted by atomic mass is 32.2. The number of rotatable bonds is 6. The van der Waals surface area contributed by atoms with E-state index in [2.05, 4.69) is 4.74 Å². The zero-order chi connectivity index (χ0) is 16.1. The fraction of sp³-hybridized carbons (Fsp3) is 0.917. The topological polar surface area (TPSA) is 55.4 Å². The summed E-state index contributed by atoms with van der Waals surface area (Å²) in [5.74, 6) is -2.35. The van der Waals surface area contributed by atoms with Gasteiger partial charge in [-0.3, -0.25) is 4.79 Å². The van der Waals surface area contributed by atoms with Crippen molar-refractivity contribution in [2.45, 2.75) is 58.0 Å². The summed E-state index contributed by atoms with van der Waals surface area (Å²) in [5.41, 5.74) is 0. The van der Waals surface area contributed by atoms with Crippen molar-refractivity contribution in [3.63, 3.8) is 0 Å². The van der Waals surface area contributed by atoms with E-state index in [1.807, 2.05) is 4.72 Å². The van der Waals surface area contributed by atoms with Gasteiger partial charge in [-0.1, -0.05) is 6.92 Å². The van der Waals surface area contributed by atoms with E-state index in [0.29, 0.717) is 0 Å². The molecule has 20 heavy (non-hydrogen) atoms. The number of alkyl halides is 3. The number of ether oxygens (including phenoxy) is 1. The molecule has 0 aliphatic heterocycles. The standard InChI is InChI=1S/C12H22F3NO3S/c1-6-8(10(17)19-7-2)9(12(13,14)15)16-20(18)11(3,4)5/h8-9,16H,6-7H2,1-5H3/t8-,9-,20-/m1/s1. The molecule has 120 valence electrons. The highest BCUT2D eigenvalue weighted by molar-refractivity contribution is 7.84. The fourth-order valence-corrected chi connectivity index (χ4v) is 2.34. The second-order valence-corrected chi connectivity index (χ2v) is 7.28. The van der Waals surface area contributed by atoms with Gasteiger partial charge < -0.3 is 4.74 Å². The summed E-state index contributed by atoms with van der Waals surface area (Å²) in [6, 6.07) is -2.19. The number of hydrogen-bond donors (Lipinski definition) is 1. The number of hydrogen-bond acceptors (Lipinski definition) is 3. The Hall–Kier alpha value is -0.630. The van der Waals surface area contributed by atoms with E-state index in [0.717, 1.165) is 0 Å². The van der Waals surface area contributed by atoms with Crippen LogP contribution in [-0.4, -0.2) is 33.8 Å². The van der Waals surface area contributed by atoms with Crippen LogP contribution >= 0.6 is 0 Å². The van der Waals surface area contributed by atoms with Crippen LogP contribution < -0.4 is 4.72 Å². The SMILES string of the molecule is CCOC(=O)[C@H](CC)[C@@H](N[S@](=O)C(C)(C)C)C(F)(F)F. The maximum Gasteiger partial charge on any atom is 0.405 e. The molecule has 0 heterocycles. The van der Waals surface area contributed by atoms with Gasteiger partial charge in [-0.25, -0.2) is 8.93 Å². The van der Waals surface area contributed by atoms with E-state index in [-0.39, 0.29) is 13.0 Å². The van der Waals surface area contributed by atoms with Gasteiger partial charge in [0.15, 0.2) is 0 Å². The van der Waals surface area contributed by atoms with Crippen LogP contribution in [0.3, 0.4) is 0 Å². The number of carbonyl (C=O) groups is 1. The molecule has 3 atom stereocenters. The van der Waals surface area contributed by atoms with Crippen LogP contribution in [0.25, 0.3) is 0 Å². The third-order valence-corrected chi connectivity index (χ3v) is 4.15. The summed E-state index contributed by atoms with van der Waals surface area (Å²) in [5, 5.41) is 0. The summed E-state index contributed by atoms with van der Waals surface area (Å²) in [4.78, 5) is 11.6. The van der Waals surface area contributed by atoms with Gasteiger partial charge in [-0.15, -0.1) is 0 Å². The normalized spacial score (nSPS) is 17.4. The average molecular weight is 317 g/mol. The molecule has 0 spiro atoms. The number of nitrogens with one attached hydrogen (secondary N) is 1. The van der Waals surface area contributed by atoms with Crippen LogP contribution in [0, 0.1) is 5.92 Å². The van der Waals surface area contributed by atoms with Gasteiger partial charge >= 0.3 is 12.1 Å². The maximum absolute atomic E-state index is 13.1. The van der Waals surface area contributed by atoms with Gasteiger partial charge in [-0.05, 0) is 34.1 Å². The van der Waals surface area contributed by atoms with Crippen molar-refractivity contribution in [1.29, 1.82) is 0 Å². The summed E-state index contributed by atoms with van der Waals surface area (Å²) >= 11 is 0. The minimum absolute atomic E-state index is 0.00225. The zero-order valence-corrected chi connectivity index (χ0v) is 13.2. The molecule has 4 nitrogen and oxygen atoms in total. The highest BCUT2D eigenvalue weighted by Gasteiger charge is 2.49. The molecule has 0 aliphatic carbocycles. The molecule has 0 aromatic carbocycles. The summed E-state index contributed by atoms with van der Waals surface area (Å²) in [7, 11) is -1.93. The third-order valence-electron chi connectivity index (χ3n) is 2.57. The fourth-order valence-electron chi connectivity index (χ4n) is 1.46. The average Bonchev–Trinajstić information content (AvgIpc) is 2.26. The molecular formula is C12H22F3NO3S. The number of esters is 1. The molecule has 0 rings (SSSR count). The Morgan fingerprint density at radius 2 is 1.75 bits per heavy atom. The molecule has 0 saturated carbocycles. The first-order valence-corrected chi connectivity index (χ1v) is 7.51. The smallest absolute Gasteiger partial charge is 0.405 e. The van der Waals surface area contributed by atoms with Crippen molar-refractivity contribution in [1.82, 2.24) is 4.72 Å². The lowest BCUT2D eigenvalue weighted by atomic mass is 9.97. The van der Waals surface area contributed by atoms with Gasteiger partial charge in [0.25, 0.3) is 0 Å². The summed E-state index contributed by atoms with van der Waals surface area (Å²) < 4.78 is 57.0. The van der Waals surface area contributed by atoms with E-state index >= 15 is 0 Å². The van der Waals surface area contributed by atoms with Gasteiger partial charge in [0.05, 0.1) is 28.3 Å². The molecule has 1 N–H and O–H groups in total. The Morgan fingerprint density at radius 3 is 2.05 bits per heavy atom. The van der Waals surface area contributed by atoms with E-state index in [4.69, 9.17) is 0 Å². The van der Waals surface area contributed by atoms with Crippen LogP contribution in [0.1, 0.15) is 41.0 Å². The molecular weight excluding hydrogens is 295 g/mol. The van der Waals surface area contributed by atoms with E-state index in [9.17, 15) is 22.2 Å². The predicted molar refractivity (Wildman–Crippen MR) is 71.3 cm³/mol. The quantitative estimate of drug-likeness (QED) is 0.766. The Morgan fingerprint density at radius 1 is 1.25 bits per heavy atom. The van der Waals surface area contributed by atoms with E-state index < -0.39 is 39.8 Å². The first-order chi connectivity index (χ1) is 8.95. The second-order valence-electron chi connectivity index (χ2n) is 5.29. The summed E-state index contributed by atoms with van der Waals surface area (Å²) in [6.07, 6.45) is -4.74. The van der Waals surface area contributed by atoms with Crippen LogP contribution in [0.15, 0.2) is 0 Å². The largest absolute Gasteiger partial charge is 0.466 e. The third kappa shape index (κ3) is 5.78. The van der Waals surface area contributed by atoms with Gasteiger partial charge in [-0.2, -0.15) is 13.2 Å². The number of carbonyl (C=O) groups excluding carboxylic acids is 1. The summed E-state index contributed by atoms with van der Waals surface area (Å²) in [6.45, 7) is 7.64. The molecule has 8 heteroatoms. The first kappa shape index (κ1) is 19.4. The molecule has 0 aliphatic rings. The van der Waals surface area contributed by atoms with Gasteiger partial charge in [0, 0.05) is 0 Å².